The summed E-state index contributed by atoms with van der Waals surface area (Å²) in [7, 11) is 1.60. The van der Waals surface area contributed by atoms with E-state index < -0.39 is 0 Å². The predicted octanol–water partition coefficient (Wildman–Crippen LogP) is 0.831. The van der Waals surface area contributed by atoms with E-state index >= 15 is 0 Å². The first-order chi connectivity index (χ1) is 10.3. The zero-order chi connectivity index (χ0) is 15.3. The zero-order valence-electron chi connectivity index (χ0n) is 12.2. The van der Waals surface area contributed by atoms with Gasteiger partial charge in [-0.05, 0) is 6.07 Å². The Morgan fingerprint density at radius 1 is 1.33 bits per heavy atom. The van der Waals surface area contributed by atoms with Crippen LogP contribution >= 0.6 is 0 Å². The Bertz CT molecular complexity index is 471. The van der Waals surface area contributed by atoms with Crippen molar-refractivity contribution in [2.75, 3.05) is 33.4 Å². The molecule has 0 bridgehead atoms. The highest BCUT2D eigenvalue weighted by atomic mass is 16.5. The van der Waals surface area contributed by atoms with Gasteiger partial charge < -0.3 is 20.1 Å². The normalized spacial score (nSPS) is 9.90. The monoisotopic (exact) mass is 291 g/mol. The number of rotatable bonds is 10. The molecule has 0 heterocycles. The fourth-order valence-electron chi connectivity index (χ4n) is 1.71. The number of methoxy groups -OCH3 is 1. The van der Waals surface area contributed by atoms with Gasteiger partial charge in [0.25, 0.3) is 0 Å². The van der Waals surface area contributed by atoms with Gasteiger partial charge in [-0.25, -0.2) is 0 Å². The molecular formula is C15H21N3O3. The van der Waals surface area contributed by atoms with Crippen molar-refractivity contribution in [1.82, 2.24) is 10.6 Å². The smallest absolute Gasteiger partial charge is 0.221 e. The third-order valence-electron chi connectivity index (χ3n) is 2.74. The average molecular weight is 291 g/mol. The topological polar surface area (TPSA) is 83.4 Å². The fraction of sp³-hybridized carbons (Fsp3) is 0.467. The lowest BCUT2D eigenvalue weighted by Crippen LogP contribution is -2.30. The van der Waals surface area contributed by atoms with Gasteiger partial charge in [0.05, 0.1) is 6.61 Å². The molecule has 0 spiro atoms. The van der Waals surface area contributed by atoms with Crippen molar-refractivity contribution in [3.05, 3.63) is 29.8 Å². The van der Waals surface area contributed by atoms with Crippen molar-refractivity contribution >= 4 is 5.91 Å². The lowest BCUT2D eigenvalue weighted by Gasteiger charge is -2.10. The van der Waals surface area contributed by atoms with Crippen LogP contribution in [0, 0.1) is 11.3 Å². The minimum Gasteiger partial charge on any atom is -0.478 e. The van der Waals surface area contributed by atoms with Crippen molar-refractivity contribution in [1.29, 1.82) is 5.26 Å². The number of carbonyl (C=O) groups excluding carboxylic acids is 1. The lowest BCUT2D eigenvalue weighted by atomic mass is 10.2. The Balaban J connectivity index is 2.26. The van der Waals surface area contributed by atoms with Crippen LogP contribution in [0.25, 0.3) is 0 Å². The first-order valence-corrected chi connectivity index (χ1v) is 6.82. The summed E-state index contributed by atoms with van der Waals surface area (Å²) in [5.41, 5.74) is 0.965. The molecule has 1 rings (SSSR count). The molecule has 1 aromatic rings. The van der Waals surface area contributed by atoms with E-state index in [1.165, 1.54) is 0 Å². The number of benzene rings is 1. The third-order valence-corrected chi connectivity index (χ3v) is 2.74. The first-order valence-electron chi connectivity index (χ1n) is 6.82. The highest BCUT2D eigenvalue weighted by Crippen LogP contribution is 2.17. The Kier molecular flexibility index (Phi) is 8.61. The van der Waals surface area contributed by atoms with E-state index in [-0.39, 0.29) is 12.5 Å². The molecule has 0 fully saturated rings. The summed E-state index contributed by atoms with van der Waals surface area (Å²) in [5.74, 6) is 0.685. The first kappa shape index (κ1) is 17.0. The lowest BCUT2D eigenvalue weighted by molar-refractivity contribution is -0.121. The van der Waals surface area contributed by atoms with Gasteiger partial charge in [0, 0.05) is 38.7 Å². The summed E-state index contributed by atoms with van der Waals surface area (Å²) in [6.07, 6.45) is 0.408. The van der Waals surface area contributed by atoms with Crippen LogP contribution in [0.1, 0.15) is 12.0 Å². The Labute approximate surface area is 125 Å². The van der Waals surface area contributed by atoms with E-state index in [0.29, 0.717) is 38.4 Å². The highest BCUT2D eigenvalue weighted by molar-refractivity contribution is 5.76. The summed E-state index contributed by atoms with van der Waals surface area (Å²) in [5, 5.41) is 14.5. The number of hydrogen-bond acceptors (Lipinski definition) is 5. The molecule has 6 heteroatoms. The van der Waals surface area contributed by atoms with Crippen molar-refractivity contribution in [2.45, 2.75) is 13.0 Å². The van der Waals surface area contributed by atoms with Gasteiger partial charge in [-0.3, -0.25) is 4.79 Å². The number of nitrogens with zero attached hydrogens (tertiary/aromatic N) is 1. The predicted molar refractivity (Wildman–Crippen MR) is 78.8 cm³/mol. The van der Waals surface area contributed by atoms with E-state index in [1.54, 1.807) is 7.11 Å². The van der Waals surface area contributed by atoms with Crippen LogP contribution in [0.15, 0.2) is 24.3 Å². The van der Waals surface area contributed by atoms with E-state index in [1.807, 2.05) is 30.3 Å². The Hall–Kier alpha value is -2.10. The standard InChI is InChI=1S/C15H21N3O3/c1-20-11-9-18-15(19)6-8-17-12-13-4-2-3-5-14(13)21-10-7-16/h2-5,17H,6,8-12H2,1H3,(H,18,19). The van der Waals surface area contributed by atoms with Crippen LogP contribution < -0.4 is 15.4 Å². The number of nitrogens with one attached hydrogen (secondary N) is 2. The molecule has 0 atom stereocenters. The highest BCUT2D eigenvalue weighted by Gasteiger charge is 2.03. The van der Waals surface area contributed by atoms with Gasteiger partial charge in [0.15, 0.2) is 6.61 Å². The Morgan fingerprint density at radius 2 is 2.14 bits per heavy atom. The summed E-state index contributed by atoms with van der Waals surface area (Å²) in [6, 6.07) is 9.47. The van der Waals surface area contributed by atoms with Crippen LogP contribution in [-0.4, -0.2) is 39.3 Å². The third kappa shape index (κ3) is 7.30. The van der Waals surface area contributed by atoms with Crippen molar-refractivity contribution < 1.29 is 14.3 Å². The van der Waals surface area contributed by atoms with Gasteiger partial charge >= 0.3 is 0 Å². The largest absolute Gasteiger partial charge is 0.478 e. The van der Waals surface area contributed by atoms with Gasteiger partial charge in [0.1, 0.15) is 11.8 Å². The molecule has 2 N–H and O–H groups in total. The number of amides is 1. The van der Waals surface area contributed by atoms with Crippen molar-refractivity contribution in [3.63, 3.8) is 0 Å². The molecule has 114 valence electrons. The van der Waals surface area contributed by atoms with Gasteiger partial charge in [-0.1, -0.05) is 18.2 Å². The van der Waals surface area contributed by atoms with Crippen LogP contribution in [0.3, 0.4) is 0 Å². The number of nitriles is 1. The molecule has 0 aliphatic carbocycles. The van der Waals surface area contributed by atoms with E-state index in [9.17, 15) is 4.79 Å². The number of hydrogen-bond donors (Lipinski definition) is 2. The molecule has 6 nitrogen and oxygen atoms in total. The second kappa shape index (κ2) is 10.7. The maximum atomic E-state index is 11.5. The Morgan fingerprint density at radius 3 is 2.90 bits per heavy atom. The number of para-hydroxylation sites is 1. The van der Waals surface area contributed by atoms with Crippen LogP contribution in [0.4, 0.5) is 0 Å². The van der Waals surface area contributed by atoms with Crippen LogP contribution in [-0.2, 0) is 16.1 Å². The molecule has 1 amide bonds. The van der Waals surface area contributed by atoms with Crippen molar-refractivity contribution in [2.24, 2.45) is 0 Å². The maximum Gasteiger partial charge on any atom is 0.221 e. The summed E-state index contributed by atoms with van der Waals surface area (Å²) in [6.45, 7) is 2.24. The van der Waals surface area contributed by atoms with E-state index in [4.69, 9.17) is 14.7 Å². The molecule has 0 saturated carbocycles. The van der Waals surface area contributed by atoms with Gasteiger partial charge in [-0.2, -0.15) is 5.26 Å². The minimum atomic E-state index is -0.00596. The zero-order valence-corrected chi connectivity index (χ0v) is 12.2. The molecule has 0 aliphatic rings. The number of carbonyl (C=O) groups is 1. The molecule has 0 saturated heterocycles. The number of ether oxygens (including phenoxy) is 2. The fourth-order valence-corrected chi connectivity index (χ4v) is 1.71. The van der Waals surface area contributed by atoms with Gasteiger partial charge in [0.2, 0.25) is 5.91 Å². The molecule has 0 radical (unpaired) electrons. The van der Waals surface area contributed by atoms with E-state index in [0.717, 1.165) is 5.56 Å². The van der Waals surface area contributed by atoms with E-state index in [2.05, 4.69) is 10.6 Å². The molecule has 0 aliphatic heterocycles. The van der Waals surface area contributed by atoms with Gasteiger partial charge in [-0.15, -0.1) is 0 Å². The van der Waals surface area contributed by atoms with Crippen molar-refractivity contribution in [3.8, 4) is 11.8 Å². The minimum absolute atomic E-state index is 0.00596. The quantitative estimate of drug-likeness (QED) is 0.624. The SMILES string of the molecule is COCCNC(=O)CCNCc1ccccc1OCC#N. The van der Waals surface area contributed by atoms with Crippen LogP contribution in [0.2, 0.25) is 0 Å². The molecule has 0 aromatic heterocycles. The molecule has 0 unspecified atom stereocenters. The maximum absolute atomic E-state index is 11.5. The average Bonchev–Trinajstić information content (AvgIpc) is 2.50. The summed E-state index contributed by atoms with van der Waals surface area (Å²) >= 11 is 0. The summed E-state index contributed by atoms with van der Waals surface area (Å²) in [4.78, 5) is 11.5. The summed E-state index contributed by atoms with van der Waals surface area (Å²) < 4.78 is 10.2. The van der Waals surface area contributed by atoms with Crippen LogP contribution in [0.5, 0.6) is 5.75 Å². The second-order valence-corrected chi connectivity index (χ2v) is 4.32. The molecule has 1 aromatic carbocycles. The second-order valence-electron chi connectivity index (χ2n) is 4.32. The molecule has 21 heavy (non-hydrogen) atoms. The molecular weight excluding hydrogens is 270 g/mol.